The first-order chi connectivity index (χ1) is 12.4. The number of halogens is 1. The van der Waals surface area contributed by atoms with Crippen LogP contribution in [0.2, 0.25) is 5.02 Å². The van der Waals surface area contributed by atoms with Gasteiger partial charge in [0.1, 0.15) is 17.8 Å². The molecule has 0 amide bonds. The van der Waals surface area contributed by atoms with Crippen molar-refractivity contribution < 1.29 is 8.42 Å². The Bertz CT molecular complexity index is 1030. The topological polar surface area (TPSA) is 91.8 Å². The van der Waals surface area contributed by atoms with Gasteiger partial charge in [0.15, 0.2) is 14.9 Å². The van der Waals surface area contributed by atoms with Crippen molar-refractivity contribution in [3.8, 4) is 0 Å². The van der Waals surface area contributed by atoms with Crippen molar-refractivity contribution in [2.24, 2.45) is 5.92 Å². The SMILES string of the molecule is CN(c1ncnc2[nH]ccc12)C1CC(CS(=O)(=O)c2ccc(Cl)cn2)C1. The largest absolute Gasteiger partial charge is 0.356 e. The second-order valence-corrected chi connectivity index (χ2v) is 9.05. The monoisotopic (exact) mass is 391 g/mol. The number of nitrogens with one attached hydrogen (secondary N) is 1. The molecule has 3 aromatic rings. The molecule has 1 aliphatic rings. The Morgan fingerprint density at radius 2 is 2.04 bits per heavy atom. The molecule has 1 N–H and O–H groups in total. The van der Waals surface area contributed by atoms with E-state index < -0.39 is 9.84 Å². The Morgan fingerprint density at radius 1 is 1.23 bits per heavy atom. The van der Waals surface area contributed by atoms with E-state index in [1.807, 2.05) is 19.3 Å². The van der Waals surface area contributed by atoms with Crippen LogP contribution in [0.15, 0.2) is 41.9 Å². The Hall–Kier alpha value is -2.19. The van der Waals surface area contributed by atoms with Gasteiger partial charge in [-0.25, -0.2) is 23.4 Å². The zero-order chi connectivity index (χ0) is 18.3. The highest BCUT2D eigenvalue weighted by Crippen LogP contribution is 2.36. The van der Waals surface area contributed by atoms with Gasteiger partial charge in [0.25, 0.3) is 0 Å². The number of anilines is 1. The highest BCUT2D eigenvalue weighted by Gasteiger charge is 2.36. The van der Waals surface area contributed by atoms with Crippen LogP contribution in [0.3, 0.4) is 0 Å². The van der Waals surface area contributed by atoms with E-state index in [1.54, 1.807) is 6.07 Å². The van der Waals surface area contributed by atoms with Crippen LogP contribution in [0.5, 0.6) is 0 Å². The molecule has 0 unspecified atom stereocenters. The highest BCUT2D eigenvalue weighted by molar-refractivity contribution is 7.91. The predicted molar refractivity (Wildman–Crippen MR) is 100 cm³/mol. The fourth-order valence-corrected chi connectivity index (χ4v) is 5.07. The number of pyridine rings is 1. The molecule has 0 spiro atoms. The summed E-state index contributed by atoms with van der Waals surface area (Å²) in [6, 6.07) is 5.23. The first-order valence-electron chi connectivity index (χ1n) is 8.29. The maximum atomic E-state index is 12.5. The molecule has 3 aromatic heterocycles. The first kappa shape index (κ1) is 17.2. The van der Waals surface area contributed by atoms with Gasteiger partial charge >= 0.3 is 0 Å². The zero-order valence-corrected chi connectivity index (χ0v) is 15.7. The summed E-state index contributed by atoms with van der Waals surface area (Å²) in [5, 5.41) is 1.48. The summed E-state index contributed by atoms with van der Waals surface area (Å²) in [6.45, 7) is 0. The minimum Gasteiger partial charge on any atom is -0.356 e. The van der Waals surface area contributed by atoms with Gasteiger partial charge in [-0.1, -0.05) is 11.6 Å². The lowest BCUT2D eigenvalue weighted by Gasteiger charge is -2.41. The van der Waals surface area contributed by atoms with Crippen molar-refractivity contribution in [1.29, 1.82) is 0 Å². The van der Waals surface area contributed by atoms with Crippen molar-refractivity contribution in [1.82, 2.24) is 19.9 Å². The van der Waals surface area contributed by atoms with E-state index in [9.17, 15) is 8.42 Å². The molecule has 4 rings (SSSR count). The third kappa shape index (κ3) is 3.14. The van der Waals surface area contributed by atoms with Crippen molar-refractivity contribution in [3.63, 3.8) is 0 Å². The van der Waals surface area contributed by atoms with Gasteiger partial charge in [-0.3, -0.25) is 0 Å². The molecule has 0 radical (unpaired) electrons. The molecule has 0 aromatic carbocycles. The molecular weight excluding hydrogens is 374 g/mol. The number of H-pyrrole nitrogens is 1. The number of aromatic amines is 1. The summed E-state index contributed by atoms with van der Waals surface area (Å²) in [4.78, 5) is 17.7. The van der Waals surface area contributed by atoms with E-state index in [2.05, 4.69) is 24.8 Å². The molecule has 26 heavy (non-hydrogen) atoms. The van der Waals surface area contributed by atoms with Crippen LogP contribution in [-0.2, 0) is 9.84 Å². The molecule has 3 heterocycles. The van der Waals surface area contributed by atoms with Crippen LogP contribution >= 0.6 is 11.6 Å². The summed E-state index contributed by atoms with van der Waals surface area (Å²) in [5.74, 6) is 1.09. The smallest absolute Gasteiger partial charge is 0.195 e. The van der Waals surface area contributed by atoms with E-state index in [0.717, 1.165) is 29.7 Å². The molecule has 0 bridgehead atoms. The van der Waals surface area contributed by atoms with Crippen molar-refractivity contribution >= 4 is 38.3 Å². The average molecular weight is 392 g/mol. The minimum absolute atomic E-state index is 0.0866. The highest BCUT2D eigenvalue weighted by atomic mass is 35.5. The maximum absolute atomic E-state index is 12.5. The lowest BCUT2D eigenvalue weighted by Crippen LogP contribution is -2.45. The van der Waals surface area contributed by atoms with Gasteiger partial charge in [0, 0.05) is 25.5 Å². The number of rotatable bonds is 5. The summed E-state index contributed by atoms with van der Waals surface area (Å²) >= 11 is 5.78. The van der Waals surface area contributed by atoms with E-state index in [4.69, 9.17) is 11.6 Å². The van der Waals surface area contributed by atoms with Crippen LogP contribution < -0.4 is 4.90 Å². The fourth-order valence-electron chi connectivity index (χ4n) is 3.41. The van der Waals surface area contributed by atoms with Crippen LogP contribution in [0.1, 0.15) is 12.8 Å². The van der Waals surface area contributed by atoms with E-state index >= 15 is 0 Å². The van der Waals surface area contributed by atoms with Gasteiger partial charge in [0.2, 0.25) is 0 Å². The Balaban J connectivity index is 1.42. The van der Waals surface area contributed by atoms with Gasteiger partial charge in [0.05, 0.1) is 16.2 Å². The van der Waals surface area contributed by atoms with Crippen LogP contribution in [0.4, 0.5) is 5.82 Å². The molecule has 1 aliphatic carbocycles. The molecule has 1 saturated carbocycles. The number of fused-ring (bicyclic) bond motifs is 1. The van der Waals surface area contributed by atoms with Crippen LogP contribution in [0, 0.1) is 5.92 Å². The average Bonchev–Trinajstić information content (AvgIpc) is 3.06. The summed E-state index contributed by atoms with van der Waals surface area (Å²) < 4.78 is 25.0. The van der Waals surface area contributed by atoms with Crippen LogP contribution in [0.25, 0.3) is 11.0 Å². The molecule has 7 nitrogen and oxygen atoms in total. The van der Waals surface area contributed by atoms with Crippen molar-refractivity contribution in [3.05, 3.63) is 41.9 Å². The molecule has 136 valence electrons. The summed E-state index contributed by atoms with van der Waals surface area (Å²) in [5.41, 5.74) is 0.800. The van der Waals surface area contributed by atoms with Gasteiger partial charge in [-0.05, 0) is 37.0 Å². The van der Waals surface area contributed by atoms with E-state index in [0.29, 0.717) is 5.02 Å². The van der Waals surface area contributed by atoms with Crippen LogP contribution in [-0.4, -0.2) is 47.2 Å². The quantitative estimate of drug-likeness (QED) is 0.718. The Kier molecular flexibility index (Phi) is 4.32. The normalized spacial score (nSPS) is 20.1. The molecule has 0 aliphatic heterocycles. The first-order valence-corrected chi connectivity index (χ1v) is 10.3. The lowest BCUT2D eigenvalue weighted by molar-refractivity contribution is 0.282. The second kappa shape index (κ2) is 6.51. The van der Waals surface area contributed by atoms with E-state index in [-0.39, 0.29) is 22.7 Å². The van der Waals surface area contributed by atoms with E-state index in [1.165, 1.54) is 18.6 Å². The number of nitrogens with zero attached hydrogens (tertiary/aromatic N) is 4. The maximum Gasteiger partial charge on any atom is 0.195 e. The Morgan fingerprint density at radius 3 is 2.77 bits per heavy atom. The second-order valence-electron chi connectivity index (χ2n) is 6.64. The zero-order valence-electron chi connectivity index (χ0n) is 14.1. The lowest BCUT2D eigenvalue weighted by atomic mass is 9.81. The Labute approximate surface area is 156 Å². The number of aromatic nitrogens is 4. The molecule has 1 fully saturated rings. The number of hydrogen-bond acceptors (Lipinski definition) is 6. The van der Waals surface area contributed by atoms with Gasteiger partial charge in [-0.15, -0.1) is 0 Å². The number of hydrogen-bond donors (Lipinski definition) is 1. The van der Waals surface area contributed by atoms with Crippen molar-refractivity contribution in [2.75, 3.05) is 17.7 Å². The molecule has 0 atom stereocenters. The van der Waals surface area contributed by atoms with Gasteiger partial charge < -0.3 is 9.88 Å². The number of sulfone groups is 1. The predicted octanol–water partition coefficient (Wildman–Crippen LogP) is 2.70. The fraction of sp³-hybridized carbons (Fsp3) is 0.353. The molecule has 0 saturated heterocycles. The molecule has 9 heteroatoms. The third-order valence-corrected chi connectivity index (χ3v) is 6.91. The van der Waals surface area contributed by atoms with Gasteiger partial charge in [-0.2, -0.15) is 0 Å². The summed E-state index contributed by atoms with van der Waals surface area (Å²) in [6.07, 6.45) is 6.35. The minimum atomic E-state index is -3.40. The third-order valence-electron chi connectivity index (χ3n) is 4.90. The molecular formula is C17H18ClN5O2S. The standard InChI is InChI=1S/C17H18ClN5O2S/c1-23(17-14-4-5-19-16(14)21-10-22-17)13-6-11(7-13)9-26(24,25)15-3-2-12(18)8-20-15/h2-5,8,10-11,13H,6-7,9H2,1H3,(H,19,21,22). The van der Waals surface area contributed by atoms with Crippen molar-refractivity contribution in [2.45, 2.75) is 23.9 Å². The summed E-state index contributed by atoms with van der Waals surface area (Å²) in [7, 11) is -1.40.